The Labute approximate surface area is 112 Å². The Hall–Kier alpha value is -1.20. The zero-order chi connectivity index (χ0) is 14.3. The van der Waals surface area contributed by atoms with Crippen LogP contribution in [-0.4, -0.2) is 32.3 Å². The van der Waals surface area contributed by atoms with Crippen molar-refractivity contribution in [1.82, 2.24) is 10.6 Å². The van der Waals surface area contributed by atoms with Gasteiger partial charge in [0.25, 0.3) is 0 Å². The molecule has 0 aromatic rings. The Balaban J connectivity index is 2.27. The summed E-state index contributed by atoms with van der Waals surface area (Å²) < 4.78 is 37.6. The van der Waals surface area contributed by atoms with E-state index in [0.29, 0.717) is 37.8 Å². The molecule has 1 fully saturated rings. The minimum atomic E-state index is -4.03. The van der Waals surface area contributed by atoms with Gasteiger partial charge in [0, 0.05) is 20.1 Å². The number of nitrogens with one attached hydrogen (secondary N) is 2. The molecule has 0 aliphatic heterocycles. The molecule has 1 aliphatic rings. The monoisotopic (exact) mass is 277 g/mol. The highest BCUT2D eigenvalue weighted by atomic mass is 19.4. The Bertz CT molecular complexity index is 305. The fourth-order valence-electron chi connectivity index (χ4n) is 2.32. The Morgan fingerprint density at radius 2 is 1.89 bits per heavy atom. The molecule has 1 aliphatic carbocycles. The van der Waals surface area contributed by atoms with Gasteiger partial charge in [0.1, 0.15) is 0 Å². The topological polar surface area (TPSA) is 36.4 Å². The van der Waals surface area contributed by atoms with E-state index in [-0.39, 0.29) is 12.8 Å². The van der Waals surface area contributed by atoms with Gasteiger partial charge in [-0.1, -0.05) is 6.08 Å². The summed E-state index contributed by atoms with van der Waals surface area (Å²) in [5, 5.41) is 6.17. The molecule has 1 saturated carbocycles. The second kappa shape index (κ2) is 7.40. The van der Waals surface area contributed by atoms with Crippen molar-refractivity contribution in [1.29, 1.82) is 0 Å². The van der Waals surface area contributed by atoms with E-state index in [1.807, 2.05) is 0 Å². The highest BCUT2D eigenvalue weighted by Gasteiger charge is 2.41. The summed E-state index contributed by atoms with van der Waals surface area (Å²) >= 11 is 0. The van der Waals surface area contributed by atoms with E-state index in [1.54, 1.807) is 13.1 Å². The van der Waals surface area contributed by atoms with E-state index in [0.717, 1.165) is 0 Å². The molecule has 19 heavy (non-hydrogen) atoms. The summed E-state index contributed by atoms with van der Waals surface area (Å²) in [5.41, 5.74) is 0. The molecule has 0 aromatic carbocycles. The van der Waals surface area contributed by atoms with E-state index in [9.17, 15) is 13.2 Å². The number of guanidine groups is 1. The number of rotatable bonds is 4. The summed E-state index contributed by atoms with van der Waals surface area (Å²) in [4.78, 5) is 4.03. The Morgan fingerprint density at radius 1 is 1.26 bits per heavy atom. The smallest absolute Gasteiger partial charge is 0.356 e. The van der Waals surface area contributed by atoms with Crippen LogP contribution in [0, 0.1) is 11.8 Å². The molecular weight excluding hydrogens is 255 g/mol. The number of nitrogens with zero attached hydrogens (tertiary/aromatic N) is 1. The average molecular weight is 277 g/mol. The number of hydrogen-bond donors (Lipinski definition) is 2. The van der Waals surface area contributed by atoms with Crippen molar-refractivity contribution in [3.8, 4) is 0 Å². The lowest BCUT2D eigenvalue weighted by atomic mass is 9.81. The first-order valence-corrected chi connectivity index (χ1v) is 6.59. The first-order chi connectivity index (χ1) is 8.97. The van der Waals surface area contributed by atoms with Crippen LogP contribution in [0.4, 0.5) is 13.2 Å². The van der Waals surface area contributed by atoms with Crippen LogP contribution in [0.25, 0.3) is 0 Å². The first-order valence-electron chi connectivity index (χ1n) is 6.59. The van der Waals surface area contributed by atoms with Crippen LogP contribution in [0.15, 0.2) is 17.6 Å². The largest absolute Gasteiger partial charge is 0.391 e. The van der Waals surface area contributed by atoms with Gasteiger partial charge in [-0.25, -0.2) is 0 Å². The van der Waals surface area contributed by atoms with Gasteiger partial charge in [-0.05, 0) is 31.6 Å². The summed E-state index contributed by atoms with van der Waals surface area (Å²) in [6, 6.07) is 0. The molecule has 0 spiro atoms. The van der Waals surface area contributed by atoms with Gasteiger partial charge in [-0.15, -0.1) is 6.58 Å². The maximum Gasteiger partial charge on any atom is 0.391 e. The molecule has 0 radical (unpaired) electrons. The maximum atomic E-state index is 12.5. The predicted octanol–water partition coefficient (Wildman–Crippen LogP) is 2.71. The lowest BCUT2D eigenvalue weighted by Gasteiger charge is -2.30. The van der Waals surface area contributed by atoms with Gasteiger partial charge in [-0.3, -0.25) is 4.99 Å². The van der Waals surface area contributed by atoms with Gasteiger partial charge in [0.15, 0.2) is 5.96 Å². The predicted molar refractivity (Wildman–Crippen MR) is 71.1 cm³/mol. The van der Waals surface area contributed by atoms with Crippen LogP contribution in [0.3, 0.4) is 0 Å². The van der Waals surface area contributed by atoms with Gasteiger partial charge in [0.2, 0.25) is 0 Å². The summed E-state index contributed by atoms with van der Waals surface area (Å²) in [6.45, 7) is 4.88. The van der Waals surface area contributed by atoms with Crippen LogP contribution in [0.2, 0.25) is 0 Å². The number of halogens is 3. The second-order valence-electron chi connectivity index (χ2n) is 4.88. The minimum Gasteiger partial charge on any atom is -0.356 e. The number of aliphatic imine (C=N–C) groups is 1. The van der Waals surface area contributed by atoms with E-state index in [4.69, 9.17) is 0 Å². The SMILES string of the molecule is C=CCNC(=NC)NCC1CCC(C(F)(F)F)CC1. The molecule has 1 rings (SSSR count). The highest BCUT2D eigenvalue weighted by Crippen LogP contribution is 2.39. The molecule has 0 amide bonds. The van der Waals surface area contributed by atoms with Crippen LogP contribution < -0.4 is 10.6 Å². The number of alkyl halides is 3. The zero-order valence-electron chi connectivity index (χ0n) is 11.3. The first kappa shape index (κ1) is 15.9. The third-order valence-electron chi connectivity index (χ3n) is 3.51. The van der Waals surface area contributed by atoms with Gasteiger partial charge < -0.3 is 10.6 Å². The quantitative estimate of drug-likeness (QED) is 0.471. The van der Waals surface area contributed by atoms with Crippen LogP contribution in [0.5, 0.6) is 0 Å². The van der Waals surface area contributed by atoms with Crippen molar-refractivity contribution in [2.45, 2.75) is 31.9 Å². The fourth-order valence-corrected chi connectivity index (χ4v) is 2.32. The van der Waals surface area contributed by atoms with E-state index < -0.39 is 12.1 Å². The molecular formula is C13H22F3N3. The second-order valence-corrected chi connectivity index (χ2v) is 4.88. The molecule has 0 heterocycles. The average Bonchev–Trinajstić information content (AvgIpc) is 2.38. The van der Waals surface area contributed by atoms with Crippen molar-refractivity contribution < 1.29 is 13.2 Å². The Morgan fingerprint density at radius 3 is 2.37 bits per heavy atom. The lowest BCUT2D eigenvalue weighted by Crippen LogP contribution is -2.41. The molecule has 0 bridgehead atoms. The third-order valence-corrected chi connectivity index (χ3v) is 3.51. The minimum absolute atomic E-state index is 0.245. The van der Waals surface area contributed by atoms with E-state index in [2.05, 4.69) is 22.2 Å². The fraction of sp³-hybridized carbons (Fsp3) is 0.769. The molecule has 110 valence electrons. The lowest BCUT2D eigenvalue weighted by molar-refractivity contribution is -0.183. The van der Waals surface area contributed by atoms with E-state index >= 15 is 0 Å². The van der Waals surface area contributed by atoms with Crippen molar-refractivity contribution in [2.75, 3.05) is 20.1 Å². The van der Waals surface area contributed by atoms with Gasteiger partial charge >= 0.3 is 6.18 Å². The Kier molecular flexibility index (Phi) is 6.18. The molecule has 0 aromatic heterocycles. The van der Waals surface area contributed by atoms with Crippen molar-refractivity contribution in [3.63, 3.8) is 0 Å². The van der Waals surface area contributed by atoms with Crippen molar-refractivity contribution in [2.24, 2.45) is 16.8 Å². The molecule has 0 atom stereocenters. The zero-order valence-corrected chi connectivity index (χ0v) is 11.3. The molecule has 0 unspecified atom stereocenters. The van der Waals surface area contributed by atoms with E-state index in [1.165, 1.54) is 0 Å². The molecule has 2 N–H and O–H groups in total. The highest BCUT2D eigenvalue weighted by molar-refractivity contribution is 5.79. The van der Waals surface area contributed by atoms with Crippen molar-refractivity contribution >= 4 is 5.96 Å². The molecule has 6 heteroatoms. The maximum absolute atomic E-state index is 12.5. The van der Waals surface area contributed by atoms with Crippen LogP contribution >= 0.6 is 0 Å². The number of hydrogen-bond acceptors (Lipinski definition) is 1. The van der Waals surface area contributed by atoms with Crippen LogP contribution in [0.1, 0.15) is 25.7 Å². The third kappa shape index (κ3) is 5.53. The van der Waals surface area contributed by atoms with Gasteiger partial charge in [0.05, 0.1) is 5.92 Å². The molecule has 0 saturated heterocycles. The van der Waals surface area contributed by atoms with Crippen LogP contribution in [-0.2, 0) is 0 Å². The standard InChI is InChI=1S/C13H22F3N3/c1-3-8-18-12(17-2)19-9-10-4-6-11(7-5-10)13(14,15)16/h3,10-11H,1,4-9H2,2H3,(H2,17,18,19). The summed E-state index contributed by atoms with van der Waals surface area (Å²) in [6.07, 6.45) is -0.574. The summed E-state index contributed by atoms with van der Waals surface area (Å²) in [5.74, 6) is -0.152. The summed E-state index contributed by atoms with van der Waals surface area (Å²) in [7, 11) is 1.67. The van der Waals surface area contributed by atoms with Gasteiger partial charge in [-0.2, -0.15) is 13.2 Å². The molecule has 3 nitrogen and oxygen atoms in total. The van der Waals surface area contributed by atoms with Crippen molar-refractivity contribution in [3.05, 3.63) is 12.7 Å². The normalized spacial score (nSPS) is 24.9.